The molecule has 1 aliphatic heterocycles. The third kappa shape index (κ3) is 5.37. The van der Waals surface area contributed by atoms with Crippen LogP contribution in [0.2, 0.25) is 5.02 Å². The number of nitrogens with zero attached hydrogens (tertiary/aromatic N) is 1. The van der Waals surface area contributed by atoms with Crippen molar-refractivity contribution in [2.24, 2.45) is 0 Å². The molecule has 3 nitrogen and oxygen atoms in total. The van der Waals surface area contributed by atoms with Crippen molar-refractivity contribution in [1.29, 1.82) is 0 Å². The molecule has 1 heterocycles. The molecule has 1 aromatic carbocycles. The molecule has 1 aliphatic rings. The van der Waals surface area contributed by atoms with E-state index in [1.165, 1.54) is 5.69 Å². The number of hydrogen-bond acceptors (Lipinski definition) is 4. The van der Waals surface area contributed by atoms with E-state index < -0.39 is 5.60 Å². The van der Waals surface area contributed by atoms with Gasteiger partial charge in [0.2, 0.25) is 0 Å². The van der Waals surface area contributed by atoms with Crippen molar-refractivity contribution in [3.05, 3.63) is 29.3 Å². The minimum absolute atomic E-state index is 0.502. The second-order valence-electron chi connectivity index (χ2n) is 6.05. The number of benzene rings is 1. The fourth-order valence-corrected chi connectivity index (χ4v) is 3.57. The van der Waals surface area contributed by atoms with Crippen LogP contribution in [0.1, 0.15) is 19.8 Å². The van der Waals surface area contributed by atoms with Crippen molar-refractivity contribution in [1.82, 2.24) is 5.32 Å². The summed E-state index contributed by atoms with van der Waals surface area (Å²) in [7, 11) is 0. The summed E-state index contributed by atoms with van der Waals surface area (Å²) in [6.45, 7) is 4.66. The minimum Gasteiger partial charge on any atom is -0.388 e. The van der Waals surface area contributed by atoms with E-state index in [1.807, 2.05) is 25.3 Å². The van der Waals surface area contributed by atoms with E-state index in [0.717, 1.165) is 36.7 Å². The second kappa shape index (κ2) is 7.73. The Bertz CT molecular complexity index is 430. The Labute approximate surface area is 137 Å². The van der Waals surface area contributed by atoms with Crippen LogP contribution in [-0.2, 0) is 0 Å². The monoisotopic (exact) mass is 328 g/mol. The average molecular weight is 329 g/mol. The van der Waals surface area contributed by atoms with Gasteiger partial charge >= 0.3 is 0 Å². The second-order valence-corrected chi connectivity index (χ2v) is 7.35. The van der Waals surface area contributed by atoms with Crippen molar-refractivity contribution in [3.63, 3.8) is 0 Å². The standard InChI is InChI=1S/C16H25ClN2OS/c1-16(20,12-21-2)11-18-14-7-9-19(10-8-14)15-5-3-13(17)4-6-15/h3-6,14,18,20H,7-12H2,1-2H3/t16-/m1/s1. The van der Waals surface area contributed by atoms with Crippen molar-refractivity contribution in [2.75, 3.05) is 36.5 Å². The van der Waals surface area contributed by atoms with Crippen LogP contribution in [-0.4, -0.2) is 48.4 Å². The molecule has 5 heteroatoms. The first-order valence-electron chi connectivity index (χ1n) is 7.45. The summed E-state index contributed by atoms with van der Waals surface area (Å²) in [5.74, 6) is 0.767. The van der Waals surface area contributed by atoms with Crippen LogP contribution in [0.3, 0.4) is 0 Å². The van der Waals surface area contributed by atoms with E-state index in [1.54, 1.807) is 11.8 Å². The summed E-state index contributed by atoms with van der Waals surface area (Å²) in [4.78, 5) is 2.40. The van der Waals surface area contributed by atoms with E-state index >= 15 is 0 Å². The van der Waals surface area contributed by atoms with E-state index in [-0.39, 0.29) is 0 Å². The Morgan fingerprint density at radius 2 is 1.95 bits per heavy atom. The molecule has 0 aliphatic carbocycles. The number of anilines is 1. The number of aliphatic hydroxyl groups is 1. The third-order valence-electron chi connectivity index (χ3n) is 3.91. The van der Waals surface area contributed by atoms with Gasteiger partial charge in [-0.25, -0.2) is 0 Å². The molecule has 1 saturated heterocycles. The lowest BCUT2D eigenvalue weighted by Gasteiger charge is -2.35. The van der Waals surface area contributed by atoms with Gasteiger partial charge in [0, 0.05) is 42.1 Å². The Morgan fingerprint density at radius 1 is 1.33 bits per heavy atom. The zero-order chi connectivity index (χ0) is 15.3. The highest BCUT2D eigenvalue weighted by Gasteiger charge is 2.24. The topological polar surface area (TPSA) is 35.5 Å². The first-order chi connectivity index (χ1) is 10.00. The summed E-state index contributed by atoms with van der Waals surface area (Å²) in [6, 6.07) is 8.56. The molecule has 0 unspecified atom stereocenters. The fourth-order valence-electron chi connectivity index (χ4n) is 2.72. The number of rotatable bonds is 6. The van der Waals surface area contributed by atoms with Gasteiger partial charge in [0.15, 0.2) is 0 Å². The Balaban J connectivity index is 1.77. The molecular formula is C16H25ClN2OS. The van der Waals surface area contributed by atoms with Gasteiger partial charge in [0.1, 0.15) is 0 Å². The maximum atomic E-state index is 10.2. The van der Waals surface area contributed by atoms with Gasteiger partial charge in [0.25, 0.3) is 0 Å². The highest BCUT2D eigenvalue weighted by molar-refractivity contribution is 7.98. The maximum absolute atomic E-state index is 10.2. The van der Waals surface area contributed by atoms with Gasteiger partial charge in [-0.05, 0) is 50.3 Å². The molecule has 0 saturated carbocycles. The highest BCUT2D eigenvalue weighted by atomic mass is 35.5. The lowest BCUT2D eigenvalue weighted by molar-refractivity contribution is 0.0802. The molecule has 1 atom stereocenters. The van der Waals surface area contributed by atoms with Crippen LogP contribution in [0, 0.1) is 0 Å². The van der Waals surface area contributed by atoms with Crippen molar-refractivity contribution in [2.45, 2.75) is 31.4 Å². The van der Waals surface area contributed by atoms with E-state index in [0.29, 0.717) is 12.6 Å². The van der Waals surface area contributed by atoms with Gasteiger partial charge in [0.05, 0.1) is 5.60 Å². The van der Waals surface area contributed by atoms with Crippen LogP contribution in [0.4, 0.5) is 5.69 Å². The predicted molar refractivity (Wildman–Crippen MR) is 93.7 cm³/mol. The van der Waals surface area contributed by atoms with Crippen LogP contribution in [0.5, 0.6) is 0 Å². The molecular weight excluding hydrogens is 304 g/mol. The largest absolute Gasteiger partial charge is 0.388 e. The molecule has 0 aromatic heterocycles. The first kappa shape index (κ1) is 16.9. The van der Waals surface area contributed by atoms with E-state index in [2.05, 4.69) is 22.3 Å². The quantitative estimate of drug-likeness (QED) is 0.841. The maximum Gasteiger partial charge on any atom is 0.0833 e. The molecule has 2 N–H and O–H groups in total. The number of nitrogens with one attached hydrogen (secondary N) is 1. The fraction of sp³-hybridized carbons (Fsp3) is 0.625. The minimum atomic E-state index is -0.618. The van der Waals surface area contributed by atoms with E-state index in [4.69, 9.17) is 11.6 Å². The van der Waals surface area contributed by atoms with E-state index in [9.17, 15) is 5.11 Å². The molecule has 2 rings (SSSR count). The Hall–Kier alpha value is -0.420. The Kier molecular flexibility index (Phi) is 6.23. The zero-order valence-corrected chi connectivity index (χ0v) is 14.4. The average Bonchev–Trinajstić information content (AvgIpc) is 2.47. The van der Waals surface area contributed by atoms with Gasteiger partial charge in [-0.3, -0.25) is 0 Å². The van der Waals surface area contributed by atoms with Crippen LogP contribution >= 0.6 is 23.4 Å². The summed E-state index contributed by atoms with van der Waals surface area (Å²) in [5, 5.41) is 14.5. The van der Waals surface area contributed by atoms with Crippen LogP contribution in [0.25, 0.3) is 0 Å². The lowest BCUT2D eigenvalue weighted by atomic mass is 10.0. The summed E-state index contributed by atoms with van der Waals surface area (Å²) in [6.07, 6.45) is 4.25. The van der Waals surface area contributed by atoms with Crippen LogP contribution < -0.4 is 10.2 Å². The molecule has 0 radical (unpaired) electrons. The molecule has 1 fully saturated rings. The van der Waals surface area contributed by atoms with Gasteiger partial charge < -0.3 is 15.3 Å². The number of halogens is 1. The van der Waals surface area contributed by atoms with Gasteiger partial charge in [-0.15, -0.1) is 0 Å². The molecule has 118 valence electrons. The molecule has 0 bridgehead atoms. The first-order valence-corrected chi connectivity index (χ1v) is 9.22. The molecule has 1 aromatic rings. The van der Waals surface area contributed by atoms with Gasteiger partial charge in [-0.2, -0.15) is 11.8 Å². The summed E-state index contributed by atoms with van der Waals surface area (Å²) < 4.78 is 0. The van der Waals surface area contributed by atoms with Crippen molar-refractivity contribution < 1.29 is 5.11 Å². The lowest BCUT2D eigenvalue weighted by Crippen LogP contribution is -2.48. The van der Waals surface area contributed by atoms with Gasteiger partial charge in [-0.1, -0.05) is 11.6 Å². The van der Waals surface area contributed by atoms with Crippen molar-refractivity contribution >= 4 is 29.1 Å². The number of piperidine rings is 1. The predicted octanol–water partition coefficient (Wildman–Crippen LogP) is 3.01. The number of thioether (sulfide) groups is 1. The molecule has 0 spiro atoms. The Morgan fingerprint density at radius 3 is 2.52 bits per heavy atom. The normalized spacial score (nSPS) is 19.5. The summed E-state index contributed by atoms with van der Waals surface area (Å²) >= 11 is 7.61. The SMILES string of the molecule is CSC[C@](C)(O)CNC1CCN(c2ccc(Cl)cc2)CC1. The summed E-state index contributed by atoms with van der Waals surface area (Å²) in [5.41, 5.74) is 0.624. The number of hydrogen-bond donors (Lipinski definition) is 2. The van der Waals surface area contributed by atoms with Crippen molar-refractivity contribution in [3.8, 4) is 0 Å². The molecule has 21 heavy (non-hydrogen) atoms. The highest BCUT2D eigenvalue weighted by Crippen LogP contribution is 2.22. The third-order valence-corrected chi connectivity index (χ3v) is 5.08. The smallest absolute Gasteiger partial charge is 0.0833 e. The van der Waals surface area contributed by atoms with Crippen LogP contribution in [0.15, 0.2) is 24.3 Å². The molecule has 0 amide bonds. The zero-order valence-electron chi connectivity index (χ0n) is 12.8.